The molecular weight excluding hydrogens is 262 g/mol. The minimum absolute atomic E-state index is 0.0370. The van der Waals surface area contributed by atoms with E-state index >= 15 is 0 Å². The Bertz CT molecular complexity index is 393. The molecular formula is C14H27NO3S. The number of piperidine rings is 1. The van der Waals surface area contributed by atoms with Crippen molar-refractivity contribution in [2.45, 2.75) is 64.5 Å². The SMILES string of the molecule is CC(C)CS(=O)(=O)N1CCCCC1C1CCCC1O. The molecule has 0 aromatic carbocycles. The van der Waals surface area contributed by atoms with E-state index < -0.39 is 10.0 Å². The lowest BCUT2D eigenvalue weighted by molar-refractivity contribution is 0.0722. The van der Waals surface area contributed by atoms with E-state index in [-0.39, 0.29) is 29.7 Å². The second kappa shape index (κ2) is 6.10. The summed E-state index contributed by atoms with van der Waals surface area (Å²) in [6, 6.07) is 0.0370. The molecule has 19 heavy (non-hydrogen) atoms. The van der Waals surface area contributed by atoms with Gasteiger partial charge in [-0.1, -0.05) is 26.7 Å². The van der Waals surface area contributed by atoms with E-state index in [1.54, 1.807) is 4.31 Å². The molecule has 0 radical (unpaired) electrons. The maximum absolute atomic E-state index is 12.5. The highest BCUT2D eigenvalue weighted by Gasteiger charge is 2.41. The zero-order valence-electron chi connectivity index (χ0n) is 12.1. The van der Waals surface area contributed by atoms with Gasteiger partial charge in [0.1, 0.15) is 0 Å². The van der Waals surface area contributed by atoms with Crippen LogP contribution in [0.15, 0.2) is 0 Å². The molecule has 112 valence electrons. The highest BCUT2D eigenvalue weighted by atomic mass is 32.2. The summed E-state index contributed by atoms with van der Waals surface area (Å²) in [5, 5.41) is 10.1. The molecule has 1 aliphatic heterocycles. The second-order valence-corrected chi connectivity index (χ2v) is 8.47. The number of hydrogen-bond donors (Lipinski definition) is 1. The van der Waals surface area contributed by atoms with Gasteiger partial charge in [0.15, 0.2) is 0 Å². The summed E-state index contributed by atoms with van der Waals surface area (Å²) in [5.41, 5.74) is 0. The van der Waals surface area contributed by atoms with Crippen LogP contribution in [-0.2, 0) is 10.0 Å². The van der Waals surface area contributed by atoms with Gasteiger partial charge in [-0.3, -0.25) is 0 Å². The van der Waals surface area contributed by atoms with Crippen LogP contribution in [0.5, 0.6) is 0 Å². The van der Waals surface area contributed by atoms with Crippen LogP contribution in [0.4, 0.5) is 0 Å². The molecule has 1 heterocycles. The van der Waals surface area contributed by atoms with Crippen LogP contribution in [-0.4, -0.2) is 42.3 Å². The van der Waals surface area contributed by atoms with Gasteiger partial charge >= 0.3 is 0 Å². The molecule has 2 fully saturated rings. The molecule has 0 aromatic rings. The molecule has 3 unspecified atom stereocenters. The predicted octanol–water partition coefficient (Wildman–Crippen LogP) is 1.99. The van der Waals surface area contributed by atoms with Crippen LogP contribution in [0.1, 0.15) is 52.4 Å². The van der Waals surface area contributed by atoms with Crippen LogP contribution < -0.4 is 0 Å². The first-order chi connectivity index (χ1) is 8.92. The molecule has 0 aromatic heterocycles. The van der Waals surface area contributed by atoms with E-state index in [0.717, 1.165) is 38.5 Å². The van der Waals surface area contributed by atoms with Crippen molar-refractivity contribution in [3.63, 3.8) is 0 Å². The van der Waals surface area contributed by atoms with Gasteiger partial charge in [0, 0.05) is 18.5 Å². The Labute approximate surface area is 117 Å². The Morgan fingerprint density at radius 1 is 1.16 bits per heavy atom. The largest absolute Gasteiger partial charge is 0.393 e. The van der Waals surface area contributed by atoms with Gasteiger partial charge in [-0.2, -0.15) is 4.31 Å². The molecule has 1 aliphatic carbocycles. The highest BCUT2D eigenvalue weighted by molar-refractivity contribution is 7.89. The lowest BCUT2D eigenvalue weighted by Gasteiger charge is -2.39. The average molecular weight is 289 g/mol. The van der Waals surface area contributed by atoms with Crippen LogP contribution >= 0.6 is 0 Å². The fraction of sp³-hybridized carbons (Fsp3) is 1.00. The van der Waals surface area contributed by atoms with Crippen LogP contribution in [0.25, 0.3) is 0 Å². The smallest absolute Gasteiger partial charge is 0.214 e. The van der Waals surface area contributed by atoms with E-state index in [4.69, 9.17) is 0 Å². The number of hydrogen-bond acceptors (Lipinski definition) is 3. The van der Waals surface area contributed by atoms with Crippen molar-refractivity contribution >= 4 is 10.0 Å². The molecule has 2 aliphatic rings. The first-order valence-corrected chi connectivity index (χ1v) is 9.20. The van der Waals surface area contributed by atoms with Gasteiger partial charge in [0.05, 0.1) is 11.9 Å². The lowest BCUT2D eigenvalue weighted by Crippen LogP contribution is -2.50. The topological polar surface area (TPSA) is 57.6 Å². The Kier molecular flexibility index (Phi) is 4.90. The van der Waals surface area contributed by atoms with Crippen LogP contribution in [0.3, 0.4) is 0 Å². The summed E-state index contributed by atoms with van der Waals surface area (Å²) in [7, 11) is -3.17. The fourth-order valence-electron chi connectivity index (χ4n) is 3.64. The number of aliphatic hydroxyl groups excluding tert-OH is 1. The van der Waals surface area contributed by atoms with Gasteiger partial charge in [-0.25, -0.2) is 8.42 Å². The van der Waals surface area contributed by atoms with Crippen molar-refractivity contribution in [1.29, 1.82) is 0 Å². The molecule has 0 amide bonds. The Morgan fingerprint density at radius 3 is 2.47 bits per heavy atom. The van der Waals surface area contributed by atoms with Crippen molar-refractivity contribution < 1.29 is 13.5 Å². The van der Waals surface area contributed by atoms with E-state index in [2.05, 4.69) is 0 Å². The third-order valence-corrected chi connectivity index (χ3v) is 6.68. The molecule has 1 saturated heterocycles. The molecule has 0 bridgehead atoms. The first kappa shape index (κ1) is 15.3. The monoisotopic (exact) mass is 289 g/mol. The maximum atomic E-state index is 12.5. The van der Waals surface area contributed by atoms with Gasteiger partial charge < -0.3 is 5.11 Å². The molecule has 4 nitrogen and oxygen atoms in total. The molecule has 2 rings (SSSR count). The van der Waals surface area contributed by atoms with Crippen molar-refractivity contribution in [2.24, 2.45) is 11.8 Å². The summed E-state index contributed by atoms with van der Waals surface area (Å²) in [4.78, 5) is 0. The minimum atomic E-state index is -3.17. The molecule has 5 heteroatoms. The van der Waals surface area contributed by atoms with E-state index in [0.29, 0.717) is 6.54 Å². The summed E-state index contributed by atoms with van der Waals surface area (Å²) in [5.74, 6) is 0.537. The number of aliphatic hydroxyl groups is 1. The molecule has 1 saturated carbocycles. The van der Waals surface area contributed by atoms with Gasteiger partial charge in [0.25, 0.3) is 0 Å². The second-order valence-electron chi connectivity index (χ2n) is 6.51. The van der Waals surface area contributed by atoms with Gasteiger partial charge in [-0.05, 0) is 31.6 Å². The van der Waals surface area contributed by atoms with Crippen molar-refractivity contribution in [3.05, 3.63) is 0 Å². The normalized spacial score (nSPS) is 34.0. The van der Waals surface area contributed by atoms with E-state index in [9.17, 15) is 13.5 Å². The van der Waals surface area contributed by atoms with Crippen LogP contribution in [0.2, 0.25) is 0 Å². The summed E-state index contributed by atoms with van der Waals surface area (Å²) in [6.07, 6.45) is 5.48. The molecule has 1 N–H and O–H groups in total. The number of nitrogens with zero attached hydrogens (tertiary/aromatic N) is 1. The van der Waals surface area contributed by atoms with Gasteiger partial charge in [-0.15, -0.1) is 0 Å². The Balaban J connectivity index is 2.16. The fourth-order valence-corrected chi connectivity index (χ4v) is 5.75. The Hall–Kier alpha value is -0.130. The summed E-state index contributed by atoms with van der Waals surface area (Å²) < 4.78 is 26.7. The lowest BCUT2D eigenvalue weighted by atomic mass is 9.89. The van der Waals surface area contributed by atoms with Crippen LogP contribution in [0, 0.1) is 11.8 Å². The van der Waals surface area contributed by atoms with E-state index in [1.807, 2.05) is 13.8 Å². The maximum Gasteiger partial charge on any atom is 0.214 e. The quantitative estimate of drug-likeness (QED) is 0.861. The first-order valence-electron chi connectivity index (χ1n) is 7.59. The highest BCUT2D eigenvalue weighted by Crippen LogP contribution is 2.36. The molecule has 0 spiro atoms. The standard InChI is InChI=1S/C14H27NO3S/c1-11(2)10-19(17,18)15-9-4-3-7-13(15)12-6-5-8-14(12)16/h11-14,16H,3-10H2,1-2H3. The third-order valence-electron chi connectivity index (χ3n) is 4.43. The summed E-state index contributed by atoms with van der Waals surface area (Å²) in [6.45, 7) is 4.53. The summed E-state index contributed by atoms with van der Waals surface area (Å²) >= 11 is 0. The third kappa shape index (κ3) is 3.50. The molecule has 3 atom stereocenters. The predicted molar refractivity (Wildman–Crippen MR) is 76.3 cm³/mol. The van der Waals surface area contributed by atoms with Crippen molar-refractivity contribution in [1.82, 2.24) is 4.31 Å². The minimum Gasteiger partial charge on any atom is -0.393 e. The Morgan fingerprint density at radius 2 is 1.89 bits per heavy atom. The number of sulfonamides is 1. The van der Waals surface area contributed by atoms with Crippen molar-refractivity contribution in [2.75, 3.05) is 12.3 Å². The van der Waals surface area contributed by atoms with Gasteiger partial charge in [0.2, 0.25) is 10.0 Å². The van der Waals surface area contributed by atoms with Crippen molar-refractivity contribution in [3.8, 4) is 0 Å². The number of rotatable bonds is 4. The average Bonchev–Trinajstić information content (AvgIpc) is 2.74. The zero-order valence-corrected chi connectivity index (χ0v) is 12.9. The van der Waals surface area contributed by atoms with E-state index in [1.165, 1.54) is 0 Å². The zero-order chi connectivity index (χ0) is 14.0.